The maximum Gasteiger partial charge on any atom is 0.449 e. The second kappa shape index (κ2) is 10.9. The number of imidazole rings is 1. The third-order valence-corrected chi connectivity index (χ3v) is 8.14. The van der Waals surface area contributed by atoms with Crippen LogP contribution in [0.4, 0.5) is 30.7 Å². The van der Waals surface area contributed by atoms with Crippen LogP contribution in [0.15, 0.2) is 48.5 Å². The molecule has 1 aromatic heterocycles. The van der Waals surface area contributed by atoms with Gasteiger partial charge in [0, 0.05) is 6.54 Å². The van der Waals surface area contributed by atoms with Crippen molar-refractivity contribution in [2.24, 2.45) is 0 Å². The largest absolute Gasteiger partial charge is 0.449 e. The lowest BCUT2D eigenvalue weighted by Gasteiger charge is -2.28. The molecule has 3 aromatic rings. The summed E-state index contributed by atoms with van der Waals surface area (Å²) >= 11 is 0. The fraction of sp³-hybridized carbons (Fsp3) is 0.400. The van der Waals surface area contributed by atoms with Crippen molar-refractivity contribution in [2.75, 3.05) is 11.5 Å². The van der Waals surface area contributed by atoms with Crippen molar-refractivity contribution in [1.29, 1.82) is 5.26 Å². The second-order valence-electron chi connectivity index (χ2n) is 9.62. The fourth-order valence-electron chi connectivity index (χ4n) is 4.23. The number of carbonyl (C=O) groups is 1. The average Bonchev–Trinajstić information content (AvgIpc) is 3.54. The van der Waals surface area contributed by atoms with Crippen molar-refractivity contribution in [1.82, 2.24) is 20.2 Å². The number of amides is 1. The number of hydrogen-bond donors (Lipinski definition) is 2. The molecule has 0 saturated heterocycles. The molecule has 41 heavy (non-hydrogen) atoms. The summed E-state index contributed by atoms with van der Waals surface area (Å²) in [7, 11) is -4.50. The smallest absolute Gasteiger partial charge is 0.336 e. The molecule has 1 amide bonds. The molecule has 1 heterocycles. The lowest BCUT2D eigenvalue weighted by atomic mass is 10.0. The summed E-state index contributed by atoms with van der Waals surface area (Å²) in [5, 5.41) is 13.5. The van der Waals surface area contributed by atoms with Crippen LogP contribution in [-0.2, 0) is 27.4 Å². The van der Waals surface area contributed by atoms with Crippen molar-refractivity contribution < 1.29 is 43.9 Å². The Hall–Kier alpha value is -3.71. The molecule has 4 rings (SSSR count). The average molecular weight is 606 g/mol. The highest BCUT2D eigenvalue weighted by Crippen LogP contribution is 2.36. The number of nitrogens with zero attached hydrogens (tertiary/aromatic N) is 3. The number of nitriles is 1. The topological polar surface area (TPSA) is 117 Å². The first-order chi connectivity index (χ1) is 19.0. The van der Waals surface area contributed by atoms with E-state index < -0.39 is 81.0 Å². The molecule has 16 heteroatoms. The first-order valence-corrected chi connectivity index (χ1v) is 13.9. The molecule has 2 aromatic carbocycles. The van der Waals surface area contributed by atoms with Crippen molar-refractivity contribution in [2.45, 2.75) is 49.4 Å². The van der Waals surface area contributed by atoms with Gasteiger partial charge in [0.15, 0.2) is 9.84 Å². The van der Waals surface area contributed by atoms with Crippen LogP contribution in [0, 0.1) is 17.1 Å². The number of para-hydroxylation sites is 2. The van der Waals surface area contributed by atoms with Gasteiger partial charge in [-0.05, 0) is 42.7 Å². The van der Waals surface area contributed by atoms with Crippen LogP contribution >= 0.6 is 0 Å². The highest BCUT2D eigenvalue weighted by molar-refractivity contribution is 7.91. The molecule has 1 saturated carbocycles. The summed E-state index contributed by atoms with van der Waals surface area (Å²) in [6.45, 7) is -0.755. The van der Waals surface area contributed by atoms with Gasteiger partial charge in [-0.25, -0.2) is 17.8 Å². The Labute approximate surface area is 229 Å². The lowest BCUT2D eigenvalue weighted by molar-refractivity contribution is -0.160. The number of rotatable bonds is 10. The van der Waals surface area contributed by atoms with E-state index in [0.717, 1.165) is 24.3 Å². The molecule has 2 N–H and O–H groups in total. The van der Waals surface area contributed by atoms with Crippen molar-refractivity contribution in [3.05, 3.63) is 65.7 Å². The SMILES string of the molecule is N#CC1(NC(=O)[C@H](CS(=O)(=O)CCn2c(C(F)(F)F)nc3ccccc32)N[C@@H](c2ccc(F)cc2)C(F)(F)F)CC1. The standard InChI is InChI=1S/C25H22F7N5O3S/c26-16-7-5-15(6-8-16)20(24(27,28)29)34-18(21(38)36-23(14-33)9-10-23)13-41(39,40)12-11-37-19-4-2-1-3-17(19)35-22(37)25(30,31)32/h1-8,18,20,34H,9-13H2,(H,36,38)/t18-,20-/m0/s1. The molecule has 1 aliphatic carbocycles. The van der Waals surface area contributed by atoms with Gasteiger partial charge in [0.1, 0.15) is 23.4 Å². The minimum atomic E-state index is -5.07. The maximum absolute atomic E-state index is 14.0. The van der Waals surface area contributed by atoms with Crippen LogP contribution in [0.25, 0.3) is 11.0 Å². The van der Waals surface area contributed by atoms with Crippen LogP contribution in [0.2, 0.25) is 0 Å². The molecule has 2 atom stereocenters. The monoisotopic (exact) mass is 605 g/mol. The van der Waals surface area contributed by atoms with Gasteiger partial charge in [-0.3, -0.25) is 10.1 Å². The van der Waals surface area contributed by atoms with E-state index in [1.807, 2.05) is 11.4 Å². The molecule has 1 fully saturated rings. The number of aryl methyl sites for hydroxylation is 1. The number of halogens is 7. The quantitative estimate of drug-likeness (QED) is 0.337. The fourth-order valence-corrected chi connectivity index (χ4v) is 5.62. The Bertz CT molecular complexity index is 1570. The summed E-state index contributed by atoms with van der Waals surface area (Å²) < 4.78 is 123. The van der Waals surface area contributed by atoms with E-state index in [1.54, 1.807) is 0 Å². The summed E-state index contributed by atoms with van der Waals surface area (Å²) in [4.78, 5) is 16.5. The van der Waals surface area contributed by atoms with E-state index in [9.17, 15) is 49.2 Å². The maximum atomic E-state index is 14.0. The Morgan fingerprint density at radius 3 is 2.27 bits per heavy atom. The van der Waals surface area contributed by atoms with Crippen LogP contribution < -0.4 is 10.6 Å². The van der Waals surface area contributed by atoms with Gasteiger partial charge in [0.05, 0.1) is 28.6 Å². The summed E-state index contributed by atoms with van der Waals surface area (Å²) in [6.07, 6.45) is -9.60. The molecule has 0 spiro atoms. The Morgan fingerprint density at radius 2 is 1.71 bits per heavy atom. The zero-order valence-electron chi connectivity index (χ0n) is 20.9. The van der Waals surface area contributed by atoms with E-state index >= 15 is 0 Å². The first-order valence-electron chi connectivity index (χ1n) is 12.1. The third kappa shape index (κ3) is 7.14. The van der Waals surface area contributed by atoms with Gasteiger partial charge >= 0.3 is 12.4 Å². The van der Waals surface area contributed by atoms with Gasteiger partial charge < -0.3 is 9.88 Å². The molecule has 0 bridgehead atoms. The van der Waals surface area contributed by atoms with Crippen molar-refractivity contribution in [3.63, 3.8) is 0 Å². The van der Waals surface area contributed by atoms with E-state index in [1.165, 1.54) is 24.3 Å². The van der Waals surface area contributed by atoms with Gasteiger partial charge in [-0.2, -0.15) is 31.6 Å². The highest BCUT2D eigenvalue weighted by atomic mass is 32.2. The number of carbonyl (C=O) groups excluding carboxylic acids is 1. The number of aromatic nitrogens is 2. The summed E-state index contributed by atoms with van der Waals surface area (Å²) in [6, 6.07) is 5.74. The number of nitrogens with one attached hydrogen (secondary N) is 2. The zero-order valence-corrected chi connectivity index (χ0v) is 21.7. The van der Waals surface area contributed by atoms with Crippen LogP contribution in [0.5, 0.6) is 0 Å². The molecular weight excluding hydrogens is 583 g/mol. The number of alkyl halides is 6. The molecule has 0 unspecified atom stereocenters. The second-order valence-corrected chi connectivity index (χ2v) is 11.8. The van der Waals surface area contributed by atoms with Crippen molar-refractivity contribution in [3.8, 4) is 6.07 Å². The van der Waals surface area contributed by atoms with Crippen molar-refractivity contribution >= 4 is 26.8 Å². The highest BCUT2D eigenvalue weighted by Gasteiger charge is 2.48. The molecule has 8 nitrogen and oxygen atoms in total. The molecule has 220 valence electrons. The van der Waals surface area contributed by atoms with E-state index in [0.29, 0.717) is 4.57 Å². The lowest BCUT2D eigenvalue weighted by Crippen LogP contribution is -2.54. The predicted molar refractivity (Wildman–Crippen MR) is 131 cm³/mol. The van der Waals surface area contributed by atoms with Crippen LogP contribution in [0.1, 0.15) is 30.3 Å². The molecular formula is C25H22F7N5O3S. The number of hydrogen-bond acceptors (Lipinski definition) is 6. The van der Waals surface area contributed by atoms with E-state index in [4.69, 9.17) is 0 Å². The number of benzene rings is 2. The van der Waals surface area contributed by atoms with Gasteiger partial charge in [-0.15, -0.1) is 0 Å². The third-order valence-electron chi connectivity index (χ3n) is 6.50. The minimum absolute atomic E-state index is 0.0133. The van der Waals surface area contributed by atoms with Gasteiger partial charge in [0.2, 0.25) is 11.7 Å². The number of sulfone groups is 1. The Kier molecular flexibility index (Phi) is 8.07. The Balaban J connectivity index is 1.62. The summed E-state index contributed by atoms with van der Waals surface area (Å²) in [5.74, 6) is -5.62. The van der Waals surface area contributed by atoms with E-state index in [-0.39, 0.29) is 23.9 Å². The molecule has 1 aliphatic rings. The predicted octanol–water partition coefficient (Wildman–Crippen LogP) is 4.04. The van der Waals surface area contributed by atoms with Crippen LogP contribution in [0.3, 0.4) is 0 Å². The number of fused-ring (bicyclic) bond motifs is 1. The Morgan fingerprint density at radius 1 is 1.07 bits per heavy atom. The zero-order chi connectivity index (χ0) is 30.2. The van der Waals surface area contributed by atoms with Crippen LogP contribution in [-0.4, -0.2) is 53.1 Å². The van der Waals surface area contributed by atoms with Gasteiger partial charge in [-0.1, -0.05) is 24.3 Å². The summed E-state index contributed by atoms with van der Waals surface area (Å²) in [5.41, 5.74) is -1.94. The van der Waals surface area contributed by atoms with Gasteiger partial charge in [0.25, 0.3) is 0 Å². The molecule has 0 radical (unpaired) electrons. The van der Waals surface area contributed by atoms with E-state index in [2.05, 4.69) is 10.3 Å². The minimum Gasteiger partial charge on any atom is -0.336 e. The first kappa shape index (κ1) is 30.3. The normalized spacial score (nSPS) is 16.6. The molecule has 0 aliphatic heterocycles.